The van der Waals surface area contributed by atoms with Gasteiger partial charge in [0.15, 0.2) is 0 Å². The number of para-hydroxylation sites is 1. The van der Waals surface area contributed by atoms with Gasteiger partial charge >= 0.3 is 0 Å². The molecule has 0 unspecified atom stereocenters. The number of benzene rings is 1. The van der Waals surface area contributed by atoms with E-state index in [-0.39, 0.29) is 6.61 Å². The van der Waals surface area contributed by atoms with Crippen molar-refractivity contribution < 1.29 is 5.11 Å². The lowest BCUT2D eigenvalue weighted by molar-refractivity contribution is 0.226. The van der Waals surface area contributed by atoms with Crippen molar-refractivity contribution in [2.24, 2.45) is 0 Å². The van der Waals surface area contributed by atoms with E-state index in [1.54, 1.807) is 0 Å². The summed E-state index contributed by atoms with van der Waals surface area (Å²) in [7, 11) is 0. The monoisotopic (exact) mass is 258 g/mol. The fourth-order valence-electron chi connectivity index (χ4n) is 2.41. The normalized spacial score (nSPS) is 11.4. The molecule has 19 heavy (non-hydrogen) atoms. The summed E-state index contributed by atoms with van der Waals surface area (Å²) in [5.41, 5.74) is 3.45. The molecule has 1 heterocycles. The summed E-state index contributed by atoms with van der Waals surface area (Å²) in [6.07, 6.45) is 0.829. The Morgan fingerprint density at radius 1 is 1.26 bits per heavy atom. The lowest BCUT2D eigenvalue weighted by Crippen LogP contribution is -2.24. The summed E-state index contributed by atoms with van der Waals surface area (Å²) in [5.74, 6) is 0. The highest BCUT2D eigenvalue weighted by molar-refractivity contribution is 5.82. The van der Waals surface area contributed by atoms with Crippen molar-refractivity contribution in [2.45, 2.75) is 26.8 Å². The van der Waals surface area contributed by atoms with Gasteiger partial charge in [-0.1, -0.05) is 25.1 Å². The smallest absolute Gasteiger partial charge is 0.0708 e. The van der Waals surface area contributed by atoms with Crippen LogP contribution >= 0.6 is 0 Å². The number of aliphatic hydroxyl groups is 1. The zero-order chi connectivity index (χ0) is 13.7. The van der Waals surface area contributed by atoms with Gasteiger partial charge in [0, 0.05) is 30.8 Å². The third-order valence-electron chi connectivity index (χ3n) is 3.40. The minimum absolute atomic E-state index is 0.257. The summed E-state index contributed by atoms with van der Waals surface area (Å²) >= 11 is 0. The highest BCUT2D eigenvalue weighted by Crippen LogP contribution is 2.19. The standard InChI is InChI=1S/C16H22N2O/c1-3-18(9-6-10-19)12-14-11-13(2)17-16-8-5-4-7-15(14)16/h4-5,7-8,11,19H,3,6,9-10,12H2,1-2H3. The van der Waals surface area contributed by atoms with Crippen LogP contribution in [-0.2, 0) is 6.54 Å². The molecule has 102 valence electrons. The van der Waals surface area contributed by atoms with Crippen LogP contribution in [0.25, 0.3) is 10.9 Å². The van der Waals surface area contributed by atoms with Gasteiger partial charge in [-0.2, -0.15) is 0 Å². The van der Waals surface area contributed by atoms with Crippen molar-refractivity contribution in [3.05, 3.63) is 41.6 Å². The first-order chi connectivity index (χ1) is 9.24. The highest BCUT2D eigenvalue weighted by Gasteiger charge is 2.08. The lowest BCUT2D eigenvalue weighted by atomic mass is 10.1. The maximum Gasteiger partial charge on any atom is 0.0708 e. The van der Waals surface area contributed by atoms with Crippen molar-refractivity contribution >= 4 is 10.9 Å². The van der Waals surface area contributed by atoms with E-state index >= 15 is 0 Å². The Labute approximate surface area is 114 Å². The average molecular weight is 258 g/mol. The summed E-state index contributed by atoms with van der Waals surface area (Å²) in [6, 6.07) is 10.5. The van der Waals surface area contributed by atoms with Crippen LogP contribution in [-0.4, -0.2) is 34.7 Å². The predicted octanol–water partition coefficient (Wildman–Crippen LogP) is 2.75. The first kappa shape index (κ1) is 14.0. The SMILES string of the molecule is CCN(CCCO)Cc1cc(C)nc2ccccc12. The van der Waals surface area contributed by atoms with Gasteiger partial charge in [-0.25, -0.2) is 0 Å². The van der Waals surface area contributed by atoms with Crippen molar-refractivity contribution in [3.8, 4) is 0 Å². The first-order valence-corrected chi connectivity index (χ1v) is 6.93. The topological polar surface area (TPSA) is 36.4 Å². The lowest BCUT2D eigenvalue weighted by Gasteiger charge is -2.21. The second kappa shape index (κ2) is 6.64. The molecule has 0 aliphatic carbocycles. The molecule has 0 saturated heterocycles. The van der Waals surface area contributed by atoms with Gasteiger partial charge in [0.25, 0.3) is 0 Å². The van der Waals surface area contributed by atoms with Gasteiger partial charge in [0.05, 0.1) is 5.52 Å². The zero-order valence-electron chi connectivity index (χ0n) is 11.8. The fraction of sp³-hybridized carbons (Fsp3) is 0.438. The Kier molecular flexibility index (Phi) is 4.88. The molecule has 1 N–H and O–H groups in total. The molecule has 0 bridgehead atoms. The van der Waals surface area contributed by atoms with Crippen molar-refractivity contribution in [3.63, 3.8) is 0 Å². The molecule has 1 aromatic carbocycles. The Balaban J connectivity index is 2.28. The van der Waals surface area contributed by atoms with Gasteiger partial charge in [0.2, 0.25) is 0 Å². The van der Waals surface area contributed by atoms with E-state index in [1.807, 2.05) is 13.0 Å². The van der Waals surface area contributed by atoms with Crippen LogP contribution in [0.15, 0.2) is 30.3 Å². The second-order valence-corrected chi connectivity index (χ2v) is 4.89. The van der Waals surface area contributed by atoms with E-state index in [0.717, 1.165) is 37.3 Å². The van der Waals surface area contributed by atoms with Crippen molar-refractivity contribution in [2.75, 3.05) is 19.7 Å². The molecule has 1 aromatic heterocycles. The van der Waals surface area contributed by atoms with Crippen molar-refractivity contribution in [1.29, 1.82) is 0 Å². The van der Waals surface area contributed by atoms with Gasteiger partial charge in [-0.3, -0.25) is 9.88 Å². The van der Waals surface area contributed by atoms with Crippen LogP contribution in [0.1, 0.15) is 24.6 Å². The molecule has 3 heteroatoms. The van der Waals surface area contributed by atoms with Crippen LogP contribution in [0, 0.1) is 6.92 Å². The third kappa shape index (κ3) is 3.52. The van der Waals surface area contributed by atoms with E-state index in [2.05, 4.69) is 41.1 Å². The van der Waals surface area contributed by atoms with E-state index in [9.17, 15) is 0 Å². The number of pyridine rings is 1. The molecule has 0 saturated carbocycles. The fourth-order valence-corrected chi connectivity index (χ4v) is 2.41. The predicted molar refractivity (Wildman–Crippen MR) is 79.1 cm³/mol. The van der Waals surface area contributed by atoms with E-state index < -0.39 is 0 Å². The van der Waals surface area contributed by atoms with Gasteiger partial charge in [-0.05, 0) is 37.6 Å². The number of fused-ring (bicyclic) bond motifs is 1. The second-order valence-electron chi connectivity index (χ2n) is 4.89. The van der Waals surface area contributed by atoms with Crippen LogP contribution in [0.2, 0.25) is 0 Å². The van der Waals surface area contributed by atoms with Crippen molar-refractivity contribution in [1.82, 2.24) is 9.88 Å². The first-order valence-electron chi connectivity index (χ1n) is 6.93. The number of aryl methyl sites for hydroxylation is 1. The van der Waals surface area contributed by atoms with E-state index in [4.69, 9.17) is 5.11 Å². The molecule has 2 rings (SSSR count). The number of hydrogen-bond acceptors (Lipinski definition) is 3. The Morgan fingerprint density at radius 3 is 2.79 bits per heavy atom. The van der Waals surface area contributed by atoms with Crippen LogP contribution in [0.5, 0.6) is 0 Å². The van der Waals surface area contributed by atoms with Gasteiger partial charge < -0.3 is 5.11 Å². The molecule has 0 spiro atoms. The van der Waals surface area contributed by atoms with E-state index in [1.165, 1.54) is 10.9 Å². The van der Waals surface area contributed by atoms with Crippen LogP contribution in [0.3, 0.4) is 0 Å². The largest absolute Gasteiger partial charge is 0.396 e. The minimum Gasteiger partial charge on any atom is -0.396 e. The molecule has 0 radical (unpaired) electrons. The van der Waals surface area contributed by atoms with Crippen LogP contribution < -0.4 is 0 Å². The molecule has 0 atom stereocenters. The molecular formula is C16H22N2O. The molecule has 0 amide bonds. The molecule has 3 nitrogen and oxygen atoms in total. The number of hydrogen-bond donors (Lipinski definition) is 1. The number of aliphatic hydroxyl groups excluding tert-OH is 1. The maximum absolute atomic E-state index is 8.96. The third-order valence-corrected chi connectivity index (χ3v) is 3.40. The number of rotatable bonds is 6. The Bertz CT molecular complexity index is 539. The molecule has 0 aliphatic rings. The summed E-state index contributed by atoms with van der Waals surface area (Å²) < 4.78 is 0. The highest BCUT2D eigenvalue weighted by atomic mass is 16.3. The molecule has 2 aromatic rings. The molecule has 0 fully saturated rings. The van der Waals surface area contributed by atoms with E-state index in [0.29, 0.717) is 0 Å². The zero-order valence-corrected chi connectivity index (χ0v) is 11.8. The van der Waals surface area contributed by atoms with Gasteiger partial charge in [0.1, 0.15) is 0 Å². The molecular weight excluding hydrogens is 236 g/mol. The summed E-state index contributed by atoms with van der Waals surface area (Å²) in [4.78, 5) is 6.93. The maximum atomic E-state index is 8.96. The number of aromatic nitrogens is 1. The van der Waals surface area contributed by atoms with Crippen LogP contribution in [0.4, 0.5) is 0 Å². The molecule has 0 aliphatic heterocycles. The summed E-state index contributed by atoms with van der Waals surface area (Å²) in [6.45, 7) is 7.30. The summed E-state index contributed by atoms with van der Waals surface area (Å²) in [5, 5.41) is 10.2. The quantitative estimate of drug-likeness (QED) is 0.865. The van der Waals surface area contributed by atoms with Gasteiger partial charge in [-0.15, -0.1) is 0 Å². The Morgan fingerprint density at radius 2 is 2.05 bits per heavy atom. The number of nitrogens with zero attached hydrogens (tertiary/aromatic N) is 2. The minimum atomic E-state index is 0.257. The Hall–Kier alpha value is -1.45. The average Bonchev–Trinajstić information content (AvgIpc) is 2.43.